The van der Waals surface area contributed by atoms with Crippen LogP contribution in [0, 0.1) is 0 Å². The van der Waals surface area contributed by atoms with Crippen molar-refractivity contribution in [2.24, 2.45) is 0 Å². The highest BCUT2D eigenvalue weighted by atomic mass is 16.5. The van der Waals surface area contributed by atoms with Gasteiger partial charge in [-0.25, -0.2) is 0 Å². The Labute approximate surface area is 90.3 Å². The third kappa shape index (κ3) is 4.38. The van der Waals surface area contributed by atoms with Crippen molar-refractivity contribution in [3.8, 4) is 0 Å². The first-order valence-corrected chi connectivity index (χ1v) is 5.04. The Morgan fingerprint density at radius 2 is 2.40 bits per heavy atom. The fraction of sp³-hybridized carbons (Fsp3) is 0.545. The number of pyridine rings is 1. The molecule has 1 unspecified atom stereocenters. The summed E-state index contributed by atoms with van der Waals surface area (Å²) in [5, 5.41) is 12.7. The lowest BCUT2D eigenvalue weighted by Crippen LogP contribution is -2.31. The summed E-state index contributed by atoms with van der Waals surface area (Å²) in [6.45, 7) is 2.91. The number of aliphatic hydroxyl groups is 1. The van der Waals surface area contributed by atoms with Crippen molar-refractivity contribution in [1.29, 1.82) is 0 Å². The zero-order valence-corrected chi connectivity index (χ0v) is 9.18. The van der Waals surface area contributed by atoms with Gasteiger partial charge in [0.2, 0.25) is 0 Å². The Kier molecular flexibility index (Phi) is 5.25. The van der Waals surface area contributed by atoms with Gasteiger partial charge in [-0.2, -0.15) is 0 Å². The number of hydrogen-bond donors (Lipinski definition) is 2. The summed E-state index contributed by atoms with van der Waals surface area (Å²) in [7, 11) is 1.58. The second kappa shape index (κ2) is 6.50. The van der Waals surface area contributed by atoms with E-state index in [9.17, 15) is 5.11 Å². The van der Waals surface area contributed by atoms with Gasteiger partial charge in [-0.3, -0.25) is 4.98 Å². The highest BCUT2D eigenvalue weighted by molar-refractivity contribution is 5.12. The Balaban J connectivity index is 2.33. The minimum Gasteiger partial charge on any atom is -0.389 e. The zero-order valence-electron chi connectivity index (χ0n) is 9.18. The third-order valence-corrected chi connectivity index (χ3v) is 2.20. The minimum atomic E-state index is -0.464. The molecule has 4 nitrogen and oxygen atoms in total. The van der Waals surface area contributed by atoms with Crippen LogP contribution >= 0.6 is 0 Å². The molecule has 0 saturated heterocycles. The lowest BCUT2D eigenvalue weighted by atomic mass is 10.1. The molecule has 15 heavy (non-hydrogen) atoms. The van der Waals surface area contributed by atoms with E-state index in [0.29, 0.717) is 13.2 Å². The molecule has 0 radical (unpaired) electrons. The van der Waals surface area contributed by atoms with Crippen LogP contribution in [0.3, 0.4) is 0 Å². The molecule has 0 aliphatic carbocycles. The standard InChI is InChI=1S/C11H18N2O2/c1-9(10-4-3-5-12-6-10)13-7-11(14)8-15-2/h3-6,9,11,13-14H,7-8H2,1-2H3/t9-,11?/m0/s1. The van der Waals surface area contributed by atoms with Crippen molar-refractivity contribution in [2.45, 2.75) is 19.1 Å². The lowest BCUT2D eigenvalue weighted by molar-refractivity contribution is 0.0630. The predicted molar refractivity (Wildman–Crippen MR) is 58.5 cm³/mol. The van der Waals surface area contributed by atoms with Gasteiger partial charge in [-0.1, -0.05) is 6.07 Å². The molecule has 84 valence electrons. The minimum absolute atomic E-state index is 0.185. The van der Waals surface area contributed by atoms with Crippen LogP contribution in [0.5, 0.6) is 0 Å². The van der Waals surface area contributed by atoms with Crippen LogP contribution in [0.4, 0.5) is 0 Å². The topological polar surface area (TPSA) is 54.4 Å². The van der Waals surface area contributed by atoms with E-state index in [1.165, 1.54) is 0 Å². The smallest absolute Gasteiger partial charge is 0.0897 e. The van der Waals surface area contributed by atoms with Gasteiger partial charge in [-0.15, -0.1) is 0 Å². The maximum atomic E-state index is 9.44. The summed E-state index contributed by atoms with van der Waals surface area (Å²) in [6.07, 6.45) is 3.10. The van der Waals surface area contributed by atoms with Crippen LogP contribution in [0.1, 0.15) is 18.5 Å². The molecule has 1 rings (SSSR count). The number of aromatic nitrogens is 1. The molecule has 0 saturated carbocycles. The molecule has 2 atom stereocenters. The third-order valence-electron chi connectivity index (χ3n) is 2.20. The van der Waals surface area contributed by atoms with E-state index in [1.807, 2.05) is 25.3 Å². The molecule has 2 N–H and O–H groups in total. The molecule has 0 amide bonds. The Morgan fingerprint density at radius 1 is 1.60 bits per heavy atom. The number of nitrogens with zero attached hydrogens (tertiary/aromatic N) is 1. The molecule has 0 aromatic carbocycles. The second-order valence-corrected chi connectivity index (χ2v) is 3.53. The molecule has 1 heterocycles. The summed E-state index contributed by atoms with van der Waals surface area (Å²) in [5.74, 6) is 0. The fourth-order valence-electron chi connectivity index (χ4n) is 1.31. The maximum Gasteiger partial charge on any atom is 0.0897 e. The number of aliphatic hydroxyl groups excluding tert-OH is 1. The molecule has 0 spiro atoms. The number of ether oxygens (including phenoxy) is 1. The van der Waals surface area contributed by atoms with Gasteiger partial charge >= 0.3 is 0 Å². The maximum absolute atomic E-state index is 9.44. The molecule has 4 heteroatoms. The molecule has 1 aromatic heterocycles. The highest BCUT2D eigenvalue weighted by Crippen LogP contribution is 2.09. The molecule has 1 aromatic rings. The first kappa shape index (κ1) is 12.1. The van der Waals surface area contributed by atoms with E-state index in [-0.39, 0.29) is 6.04 Å². The van der Waals surface area contributed by atoms with Crippen LogP contribution in [0.25, 0.3) is 0 Å². The number of methoxy groups -OCH3 is 1. The SMILES string of the molecule is COCC(O)CN[C@@H](C)c1cccnc1. The summed E-state index contributed by atoms with van der Waals surface area (Å²) in [4.78, 5) is 4.04. The molecule has 0 fully saturated rings. The lowest BCUT2D eigenvalue weighted by Gasteiger charge is -2.16. The summed E-state index contributed by atoms with van der Waals surface area (Å²) >= 11 is 0. The van der Waals surface area contributed by atoms with Crippen LogP contribution in [0.2, 0.25) is 0 Å². The Bertz CT molecular complexity index is 267. The molecule has 0 aliphatic rings. The van der Waals surface area contributed by atoms with Gasteiger partial charge in [0, 0.05) is 32.1 Å². The van der Waals surface area contributed by atoms with Crippen molar-refractivity contribution in [1.82, 2.24) is 10.3 Å². The molecular formula is C11H18N2O2. The van der Waals surface area contributed by atoms with Crippen molar-refractivity contribution < 1.29 is 9.84 Å². The van der Waals surface area contributed by atoms with E-state index >= 15 is 0 Å². The van der Waals surface area contributed by atoms with Gasteiger partial charge in [-0.05, 0) is 18.6 Å². The second-order valence-electron chi connectivity index (χ2n) is 3.53. The Hall–Kier alpha value is -0.970. The molecule has 0 aliphatic heterocycles. The average molecular weight is 210 g/mol. The first-order valence-electron chi connectivity index (χ1n) is 5.04. The van der Waals surface area contributed by atoms with E-state index in [0.717, 1.165) is 5.56 Å². The number of hydrogen-bond acceptors (Lipinski definition) is 4. The van der Waals surface area contributed by atoms with E-state index < -0.39 is 6.10 Å². The number of rotatable bonds is 6. The van der Waals surface area contributed by atoms with Crippen LogP contribution in [-0.2, 0) is 4.74 Å². The van der Waals surface area contributed by atoms with Gasteiger partial charge in [0.1, 0.15) is 0 Å². The largest absolute Gasteiger partial charge is 0.389 e. The van der Waals surface area contributed by atoms with Gasteiger partial charge < -0.3 is 15.2 Å². The monoisotopic (exact) mass is 210 g/mol. The van der Waals surface area contributed by atoms with Crippen LogP contribution < -0.4 is 5.32 Å². The van der Waals surface area contributed by atoms with Crippen molar-refractivity contribution >= 4 is 0 Å². The highest BCUT2D eigenvalue weighted by Gasteiger charge is 2.07. The predicted octanol–water partition coefficient (Wildman–Crippen LogP) is 0.739. The molecule has 0 bridgehead atoms. The van der Waals surface area contributed by atoms with Crippen molar-refractivity contribution in [3.05, 3.63) is 30.1 Å². The average Bonchev–Trinajstić information content (AvgIpc) is 2.27. The molecular weight excluding hydrogens is 192 g/mol. The van der Waals surface area contributed by atoms with Gasteiger partial charge in [0.05, 0.1) is 12.7 Å². The summed E-state index contributed by atoms with van der Waals surface area (Å²) in [6, 6.07) is 4.09. The van der Waals surface area contributed by atoms with E-state index in [1.54, 1.807) is 13.3 Å². The van der Waals surface area contributed by atoms with Crippen LogP contribution in [-0.4, -0.2) is 36.5 Å². The summed E-state index contributed by atoms with van der Waals surface area (Å²) < 4.78 is 4.84. The quantitative estimate of drug-likeness (QED) is 0.727. The van der Waals surface area contributed by atoms with Crippen LogP contribution in [0.15, 0.2) is 24.5 Å². The zero-order chi connectivity index (χ0) is 11.1. The normalized spacial score (nSPS) is 14.9. The first-order chi connectivity index (χ1) is 7.24. The fourth-order valence-corrected chi connectivity index (χ4v) is 1.31. The van der Waals surface area contributed by atoms with E-state index in [4.69, 9.17) is 4.74 Å². The van der Waals surface area contributed by atoms with Crippen molar-refractivity contribution in [2.75, 3.05) is 20.3 Å². The number of nitrogens with one attached hydrogen (secondary N) is 1. The summed E-state index contributed by atoms with van der Waals surface area (Å²) in [5.41, 5.74) is 1.11. The van der Waals surface area contributed by atoms with Gasteiger partial charge in [0.15, 0.2) is 0 Å². The van der Waals surface area contributed by atoms with Gasteiger partial charge in [0.25, 0.3) is 0 Å². The van der Waals surface area contributed by atoms with Crippen molar-refractivity contribution in [3.63, 3.8) is 0 Å². The van der Waals surface area contributed by atoms with E-state index in [2.05, 4.69) is 10.3 Å². The Morgan fingerprint density at radius 3 is 3.00 bits per heavy atom.